The number of hydrogen-bond donors (Lipinski definition) is 2. The minimum absolute atomic E-state index is 0.661. The van der Waals surface area contributed by atoms with Crippen LogP contribution in [0.1, 0.15) is 25.6 Å². The molecule has 0 bridgehead atoms. The number of piperidine rings is 1. The smallest absolute Gasteiger partial charge is 0.137 e. The highest BCUT2D eigenvalue weighted by Crippen LogP contribution is 2.14. The molecule has 2 unspecified atom stereocenters. The number of likely N-dealkylation sites (tertiary alicyclic amines) is 1. The van der Waals surface area contributed by atoms with Crippen LogP contribution in [0.3, 0.4) is 0 Å². The fraction of sp³-hybridized carbons (Fsp3) is 0.818. The molecule has 1 aromatic rings. The van der Waals surface area contributed by atoms with Gasteiger partial charge in [-0.05, 0) is 33.4 Å². The summed E-state index contributed by atoms with van der Waals surface area (Å²) < 4.78 is 0. The monoisotopic (exact) mass is 223 g/mol. The Bertz CT molecular complexity index is 297. The first-order chi connectivity index (χ1) is 7.75. The molecular formula is C11H21N5. The predicted molar refractivity (Wildman–Crippen MR) is 63.2 cm³/mol. The van der Waals surface area contributed by atoms with Gasteiger partial charge in [0.15, 0.2) is 0 Å². The van der Waals surface area contributed by atoms with Gasteiger partial charge in [-0.15, -0.1) is 0 Å². The van der Waals surface area contributed by atoms with E-state index in [1.54, 1.807) is 6.33 Å². The van der Waals surface area contributed by atoms with Crippen LogP contribution < -0.4 is 5.32 Å². The van der Waals surface area contributed by atoms with Crippen molar-refractivity contribution in [2.24, 2.45) is 0 Å². The summed E-state index contributed by atoms with van der Waals surface area (Å²) in [6.07, 6.45) is 4.98. The fourth-order valence-corrected chi connectivity index (χ4v) is 2.22. The number of rotatable bonds is 4. The van der Waals surface area contributed by atoms with E-state index in [-0.39, 0.29) is 0 Å². The molecule has 1 fully saturated rings. The zero-order valence-corrected chi connectivity index (χ0v) is 10.1. The lowest BCUT2D eigenvalue weighted by Gasteiger charge is -2.35. The summed E-state index contributed by atoms with van der Waals surface area (Å²) in [4.78, 5) is 6.54. The van der Waals surface area contributed by atoms with Gasteiger partial charge in [0.2, 0.25) is 0 Å². The van der Waals surface area contributed by atoms with Crippen LogP contribution in [0.15, 0.2) is 6.33 Å². The van der Waals surface area contributed by atoms with Crippen LogP contribution in [0, 0.1) is 0 Å². The SMILES string of the molecule is CC1CC(NCCc2ncn[nH]2)CCN1C. The molecule has 2 heterocycles. The molecule has 0 radical (unpaired) electrons. The average Bonchev–Trinajstić information content (AvgIpc) is 2.76. The Morgan fingerprint density at radius 3 is 3.19 bits per heavy atom. The van der Waals surface area contributed by atoms with Gasteiger partial charge >= 0.3 is 0 Å². The Morgan fingerprint density at radius 2 is 2.50 bits per heavy atom. The normalized spacial score (nSPS) is 27.1. The van der Waals surface area contributed by atoms with Crippen LogP contribution in [0.25, 0.3) is 0 Å². The van der Waals surface area contributed by atoms with Gasteiger partial charge in [0.1, 0.15) is 12.2 Å². The van der Waals surface area contributed by atoms with E-state index >= 15 is 0 Å². The molecule has 1 saturated heterocycles. The largest absolute Gasteiger partial charge is 0.313 e. The maximum atomic E-state index is 4.11. The van der Waals surface area contributed by atoms with Gasteiger partial charge in [-0.1, -0.05) is 0 Å². The molecular weight excluding hydrogens is 202 g/mol. The summed E-state index contributed by atoms with van der Waals surface area (Å²) in [6.45, 7) is 4.47. The minimum atomic E-state index is 0.661. The van der Waals surface area contributed by atoms with Gasteiger partial charge in [0.05, 0.1) is 0 Å². The Labute approximate surface area is 96.6 Å². The maximum Gasteiger partial charge on any atom is 0.137 e. The van der Waals surface area contributed by atoms with Crippen LogP contribution in [0.2, 0.25) is 0 Å². The van der Waals surface area contributed by atoms with Crippen molar-refractivity contribution in [2.45, 2.75) is 38.3 Å². The van der Waals surface area contributed by atoms with Gasteiger partial charge in [-0.3, -0.25) is 5.10 Å². The van der Waals surface area contributed by atoms with Gasteiger partial charge in [-0.2, -0.15) is 5.10 Å². The van der Waals surface area contributed by atoms with E-state index in [2.05, 4.69) is 39.4 Å². The van der Waals surface area contributed by atoms with Crippen LogP contribution in [0.5, 0.6) is 0 Å². The maximum absolute atomic E-state index is 4.11. The second kappa shape index (κ2) is 5.41. The Hall–Kier alpha value is -0.940. The number of H-pyrrole nitrogens is 1. The lowest BCUT2D eigenvalue weighted by molar-refractivity contribution is 0.169. The summed E-state index contributed by atoms with van der Waals surface area (Å²) in [5.41, 5.74) is 0. The first-order valence-corrected chi connectivity index (χ1v) is 6.03. The first kappa shape index (κ1) is 11.5. The molecule has 16 heavy (non-hydrogen) atoms. The van der Waals surface area contributed by atoms with Crippen molar-refractivity contribution in [3.63, 3.8) is 0 Å². The van der Waals surface area contributed by atoms with E-state index in [1.165, 1.54) is 19.4 Å². The average molecular weight is 223 g/mol. The van der Waals surface area contributed by atoms with Crippen LogP contribution in [0.4, 0.5) is 0 Å². The number of nitrogens with one attached hydrogen (secondary N) is 2. The van der Waals surface area contributed by atoms with E-state index in [0.29, 0.717) is 12.1 Å². The lowest BCUT2D eigenvalue weighted by Crippen LogP contribution is -2.46. The molecule has 5 heteroatoms. The molecule has 2 rings (SSSR count). The molecule has 1 aliphatic rings. The Morgan fingerprint density at radius 1 is 1.62 bits per heavy atom. The minimum Gasteiger partial charge on any atom is -0.313 e. The van der Waals surface area contributed by atoms with Crippen molar-refractivity contribution >= 4 is 0 Å². The third-order valence-corrected chi connectivity index (χ3v) is 3.47. The van der Waals surface area contributed by atoms with Crippen molar-refractivity contribution in [1.82, 2.24) is 25.4 Å². The first-order valence-electron chi connectivity index (χ1n) is 6.03. The molecule has 5 nitrogen and oxygen atoms in total. The summed E-state index contributed by atoms with van der Waals surface area (Å²) in [5.74, 6) is 0.966. The van der Waals surface area contributed by atoms with E-state index in [9.17, 15) is 0 Å². The Balaban J connectivity index is 1.67. The van der Waals surface area contributed by atoms with E-state index in [4.69, 9.17) is 0 Å². The highest BCUT2D eigenvalue weighted by Gasteiger charge is 2.21. The molecule has 0 aliphatic carbocycles. The van der Waals surface area contributed by atoms with Crippen LogP contribution in [-0.2, 0) is 6.42 Å². The summed E-state index contributed by atoms with van der Waals surface area (Å²) >= 11 is 0. The summed E-state index contributed by atoms with van der Waals surface area (Å²) in [5, 5.41) is 10.3. The van der Waals surface area contributed by atoms with E-state index in [1.807, 2.05) is 0 Å². The highest BCUT2D eigenvalue weighted by atomic mass is 15.2. The predicted octanol–water partition coefficient (Wildman–Crippen LogP) is 0.420. The molecule has 1 aliphatic heterocycles. The zero-order chi connectivity index (χ0) is 11.4. The van der Waals surface area contributed by atoms with Crippen molar-refractivity contribution in [3.05, 3.63) is 12.2 Å². The molecule has 0 aromatic carbocycles. The molecule has 1 aromatic heterocycles. The fourth-order valence-electron chi connectivity index (χ4n) is 2.22. The third kappa shape index (κ3) is 3.02. The van der Waals surface area contributed by atoms with Gasteiger partial charge in [0, 0.05) is 25.0 Å². The molecule has 0 spiro atoms. The molecule has 0 amide bonds. The molecule has 0 saturated carbocycles. The van der Waals surface area contributed by atoms with Crippen molar-refractivity contribution in [3.8, 4) is 0 Å². The number of nitrogens with zero attached hydrogens (tertiary/aromatic N) is 3. The van der Waals surface area contributed by atoms with Gasteiger partial charge < -0.3 is 10.2 Å². The van der Waals surface area contributed by atoms with Gasteiger partial charge in [-0.25, -0.2) is 4.98 Å². The standard InChI is InChI=1S/C11H21N5/c1-9-7-10(4-6-16(9)2)12-5-3-11-13-8-14-15-11/h8-10,12H,3-7H2,1-2H3,(H,13,14,15). The topological polar surface area (TPSA) is 56.8 Å². The van der Waals surface area contributed by atoms with E-state index < -0.39 is 0 Å². The molecule has 90 valence electrons. The summed E-state index contributed by atoms with van der Waals surface area (Å²) in [7, 11) is 2.20. The molecule has 2 atom stereocenters. The number of hydrogen-bond acceptors (Lipinski definition) is 4. The number of aromatic nitrogens is 3. The number of aromatic amines is 1. The lowest BCUT2D eigenvalue weighted by atomic mass is 9.99. The van der Waals surface area contributed by atoms with E-state index in [0.717, 1.165) is 18.8 Å². The zero-order valence-electron chi connectivity index (χ0n) is 10.1. The second-order valence-electron chi connectivity index (χ2n) is 4.69. The van der Waals surface area contributed by atoms with Crippen molar-refractivity contribution < 1.29 is 0 Å². The summed E-state index contributed by atoms with van der Waals surface area (Å²) in [6, 6.07) is 1.35. The Kier molecular flexibility index (Phi) is 3.90. The van der Waals surface area contributed by atoms with Crippen molar-refractivity contribution in [1.29, 1.82) is 0 Å². The third-order valence-electron chi connectivity index (χ3n) is 3.47. The molecule has 2 N–H and O–H groups in total. The van der Waals surface area contributed by atoms with Gasteiger partial charge in [0.25, 0.3) is 0 Å². The quantitative estimate of drug-likeness (QED) is 0.777. The highest BCUT2D eigenvalue weighted by molar-refractivity contribution is 4.84. The van der Waals surface area contributed by atoms with Crippen molar-refractivity contribution in [2.75, 3.05) is 20.1 Å². The second-order valence-corrected chi connectivity index (χ2v) is 4.69. The van der Waals surface area contributed by atoms with Crippen LogP contribution >= 0.6 is 0 Å². The van der Waals surface area contributed by atoms with Crippen LogP contribution in [-0.4, -0.2) is 52.3 Å².